The Morgan fingerprint density at radius 2 is 2.00 bits per heavy atom. The summed E-state index contributed by atoms with van der Waals surface area (Å²) >= 11 is 0. The van der Waals surface area contributed by atoms with E-state index in [1.165, 1.54) is 24.0 Å². The van der Waals surface area contributed by atoms with E-state index in [4.69, 9.17) is 5.73 Å². The summed E-state index contributed by atoms with van der Waals surface area (Å²) in [6.45, 7) is 0.563. The number of rotatable bonds is 3. The number of nitrogens with one attached hydrogen (secondary N) is 1. The molecule has 0 spiro atoms. The lowest BCUT2D eigenvalue weighted by molar-refractivity contribution is -0.124. The molecule has 3 N–H and O–H groups in total. The van der Waals surface area contributed by atoms with E-state index in [0.29, 0.717) is 6.54 Å². The first-order valence-corrected chi connectivity index (χ1v) is 6.84. The molecule has 1 amide bonds. The zero-order valence-corrected chi connectivity index (χ0v) is 11.8. The van der Waals surface area contributed by atoms with Gasteiger partial charge in [0, 0.05) is 6.54 Å². The highest BCUT2D eigenvalue weighted by Gasteiger charge is 2.38. The Bertz CT molecular complexity index is 469. The largest absolute Gasteiger partial charge is 0.349 e. The Labute approximate surface area is 120 Å². The lowest BCUT2D eigenvalue weighted by Crippen LogP contribution is -2.54. The molecule has 1 unspecified atom stereocenters. The molecule has 1 saturated carbocycles. The minimum absolute atomic E-state index is 0. The van der Waals surface area contributed by atoms with Gasteiger partial charge in [0.15, 0.2) is 0 Å². The Balaban J connectivity index is 0.00000133. The zero-order chi connectivity index (χ0) is 12.6. The average Bonchev–Trinajstić information content (AvgIpc) is 2.80. The third-order valence-electron chi connectivity index (χ3n) is 4.51. The second kappa shape index (κ2) is 5.51. The number of hydrogen-bond acceptors (Lipinski definition) is 2. The van der Waals surface area contributed by atoms with Gasteiger partial charge >= 0.3 is 0 Å². The molecule has 0 bridgehead atoms. The number of nitrogens with two attached hydrogens (primary N) is 1. The predicted molar refractivity (Wildman–Crippen MR) is 78.5 cm³/mol. The van der Waals surface area contributed by atoms with E-state index in [0.717, 1.165) is 19.3 Å². The van der Waals surface area contributed by atoms with Gasteiger partial charge in [-0.2, -0.15) is 0 Å². The fourth-order valence-electron chi connectivity index (χ4n) is 3.27. The number of carbonyl (C=O) groups excluding carboxylic acids is 1. The summed E-state index contributed by atoms with van der Waals surface area (Å²) in [5.74, 6) is 0.214. The molecule has 0 aromatic heterocycles. The van der Waals surface area contributed by atoms with Gasteiger partial charge < -0.3 is 11.1 Å². The van der Waals surface area contributed by atoms with Crippen molar-refractivity contribution >= 4 is 18.3 Å². The molecule has 2 aliphatic carbocycles. The van der Waals surface area contributed by atoms with Crippen molar-refractivity contribution in [3.63, 3.8) is 0 Å². The van der Waals surface area contributed by atoms with Crippen LogP contribution in [0, 0.1) is 0 Å². The molecular formula is C15H21ClN2O. The zero-order valence-electron chi connectivity index (χ0n) is 11.0. The molecule has 3 rings (SSSR count). The third kappa shape index (κ3) is 2.49. The van der Waals surface area contributed by atoms with Crippen LogP contribution in [0.5, 0.6) is 0 Å². The Hall–Kier alpha value is -1.06. The van der Waals surface area contributed by atoms with Gasteiger partial charge in [-0.05, 0) is 30.4 Å². The van der Waals surface area contributed by atoms with E-state index in [2.05, 4.69) is 17.4 Å². The highest BCUT2D eigenvalue weighted by atomic mass is 35.5. The minimum atomic E-state index is -0.123. The third-order valence-corrected chi connectivity index (χ3v) is 4.51. The predicted octanol–water partition coefficient (Wildman–Crippen LogP) is 2.14. The van der Waals surface area contributed by atoms with Crippen molar-refractivity contribution in [3.8, 4) is 0 Å². The molecule has 4 heteroatoms. The van der Waals surface area contributed by atoms with Gasteiger partial charge in [0.05, 0.1) is 11.5 Å². The Morgan fingerprint density at radius 1 is 1.32 bits per heavy atom. The monoisotopic (exact) mass is 280 g/mol. The molecule has 1 aromatic rings. The molecule has 3 nitrogen and oxygen atoms in total. The van der Waals surface area contributed by atoms with Crippen molar-refractivity contribution in [2.75, 3.05) is 6.54 Å². The van der Waals surface area contributed by atoms with Crippen LogP contribution in [0.15, 0.2) is 24.3 Å². The summed E-state index contributed by atoms with van der Waals surface area (Å²) in [5, 5.41) is 3.22. The van der Waals surface area contributed by atoms with Gasteiger partial charge in [-0.15, -0.1) is 12.4 Å². The Morgan fingerprint density at radius 3 is 2.63 bits per heavy atom. The topological polar surface area (TPSA) is 55.1 Å². The van der Waals surface area contributed by atoms with Gasteiger partial charge in [0.25, 0.3) is 0 Å². The Kier molecular flexibility index (Phi) is 4.16. The van der Waals surface area contributed by atoms with Crippen LogP contribution in [0.4, 0.5) is 0 Å². The van der Waals surface area contributed by atoms with Crippen molar-refractivity contribution in [1.29, 1.82) is 0 Å². The lowest BCUT2D eigenvalue weighted by atomic mass is 9.76. The van der Waals surface area contributed by atoms with E-state index >= 15 is 0 Å². The van der Waals surface area contributed by atoms with Crippen molar-refractivity contribution in [3.05, 3.63) is 35.4 Å². The number of fused-ring (bicyclic) bond motifs is 1. The minimum Gasteiger partial charge on any atom is -0.349 e. The fraction of sp³-hybridized carbons (Fsp3) is 0.533. The standard InChI is InChI=1S/C15H20N2O.ClH/c16-10-15(7-3-4-8-15)17-14(18)13-9-11-5-1-2-6-12(11)13;/h1-2,5-6,13H,3-4,7-10,16H2,(H,17,18);1H. The fourth-order valence-corrected chi connectivity index (χ4v) is 3.27. The van der Waals surface area contributed by atoms with Crippen LogP contribution in [0.1, 0.15) is 42.7 Å². The summed E-state index contributed by atoms with van der Waals surface area (Å²) in [7, 11) is 0. The normalized spacial score (nSPS) is 22.9. The molecule has 0 radical (unpaired) electrons. The summed E-state index contributed by atoms with van der Waals surface area (Å²) in [5.41, 5.74) is 8.24. The molecule has 2 aliphatic rings. The first kappa shape index (κ1) is 14.4. The van der Waals surface area contributed by atoms with E-state index in [1.807, 2.05) is 12.1 Å². The average molecular weight is 281 g/mol. The number of hydrogen-bond donors (Lipinski definition) is 2. The van der Waals surface area contributed by atoms with Crippen molar-refractivity contribution < 1.29 is 4.79 Å². The van der Waals surface area contributed by atoms with Gasteiger partial charge in [0.1, 0.15) is 0 Å². The smallest absolute Gasteiger partial charge is 0.228 e. The maximum absolute atomic E-state index is 12.3. The molecule has 1 atom stereocenters. The van der Waals surface area contributed by atoms with E-state index < -0.39 is 0 Å². The van der Waals surface area contributed by atoms with E-state index in [-0.39, 0.29) is 29.8 Å². The second-order valence-electron chi connectivity index (χ2n) is 5.64. The second-order valence-corrected chi connectivity index (χ2v) is 5.64. The van der Waals surface area contributed by atoms with Crippen molar-refractivity contribution in [2.24, 2.45) is 5.73 Å². The SMILES string of the molecule is Cl.NCC1(NC(=O)C2Cc3ccccc32)CCCC1. The van der Waals surface area contributed by atoms with Crippen LogP contribution in [0.25, 0.3) is 0 Å². The maximum atomic E-state index is 12.3. The van der Waals surface area contributed by atoms with Crippen LogP contribution in [-0.4, -0.2) is 18.0 Å². The molecule has 104 valence electrons. The van der Waals surface area contributed by atoms with Gasteiger partial charge in [0.2, 0.25) is 5.91 Å². The molecule has 0 saturated heterocycles. The highest BCUT2D eigenvalue weighted by Crippen LogP contribution is 2.36. The van der Waals surface area contributed by atoms with Crippen LogP contribution in [0.2, 0.25) is 0 Å². The summed E-state index contributed by atoms with van der Waals surface area (Å²) in [6.07, 6.45) is 5.30. The number of halogens is 1. The molecule has 1 fully saturated rings. The van der Waals surface area contributed by atoms with E-state index in [1.54, 1.807) is 0 Å². The van der Waals surface area contributed by atoms with Crippen molar-refractivity contribution in [1.82, 2.24) is 5.32 Å². The molecule has 0 aliphatic heterocycles. The van der Waals surface area contributed by atoms with Crippen molar-refractivity contribution in [2.45, 2.75) is 43.6 Å². The number of carbonyl (C=O) groups is 1. The van der Waals surface area contributed by atoms with Gasteiger partial charge in [-0.25, -0.2) is 0 Å². The summed E-state index contributed by atoms with van der Waals surface area (Å²) in [6, 6.07) is 8.21. The summed E-state index contributed by atoms with van der Waals surface area (Å²) < 4.78 is 0. The van der Waals surface area contributed by atoms with Gasteiger partial charge in [-0.3, -0.25) is 4.79 Å². The molecule has 0 heterocycles. The number of amides is 1. The van der Waals surface area contributed by atoms with E-state index in [9.17, 15) is 4.79 Å². The quantitative estimate of drug-likeness (QED) is 0.891. The lowest BCUT2D eigenvalue weighted by Gasteiger charge is -2.35. The number of benzene rings is 1. The first-order chi connectivity index (χ1) is 8.74. The van der Waals surface area contributed by atoms with Crippen LogP contribution in [0.3, 0.4) is 0 Å². The highest BCUT2D eigenvalue weighted by molar-refractivity contribution is 5.87. The van der Waals surface area contributed by atoms with Crippen LogP contribution >= 0.6 is 12.4 Å². The van der Waals surface area contributed by atoms with Crippen LogP contribution < -0.4 is 11.1 Å². The van der Waals surface area contributed by atoms with Crippen LogP contribution in [-0.2, 0) is 11.2 Å². The molecule has 1 aromatic carbocycles. The molecular weight excluding hydrogens is 260 g/mol. The first-order valence-electron chi connectivity index (χ1n) is 6.84. The summed E-state index contributed by atoms with van der Waals surface area (Å²) in [4.78, 5) is 12.3. The molecule has 19 heavy (non-hydrogen) atoms. The van der Waals surface area contributed by atoms with Gasteiger partial charge in [-0.1, -0.05) is 37.1 Å². The maximum Gasteiger partial charge on any atom is 0.228 e.